The van der Waals surface area contributed by atoms with E-state index in [4.69, 9.17) is 0 Å². The fraction of sp³-hybridized carbons (Fsp3) is 0.391. The first-order valence-electron chi connectivity index (χ1n) is 10.0. The number of benzene rings is 2. The molecule has 0 saturated carbocycles. The van der Waals surface area contributed by atoms with Crippen molar-refractivity contribution in [3.05, 3.63) is 59.2 Å². The summed E-state index contributed by atoms with van der Waals surface area (Å²) in [6, 6.07) is 8.16. The average Bonchev–Trinajstić information content (AvgIpc) is 3.06. The molecule has 0 aliphatic carbocycles. The second-order valence-electron chi connectivity index (χ2n) is 9.32. The zero-order valence-electron chi connectivity index (χ0n) is 17.5. The first-order valence-corrected chi connectivity index (χ1v) is 11.8. The van der Waals surface area contributed by atoms with Crippen molar-refractivity contribution >= 4 is 32.9 Å². The highest BCUT2D eigenvalue weighted by atomic mass is 32.2. The summed E-state index contributed by atoms with van der Waals surface area (Å²) >= 11 is 0. The fourth-order valence-electron chi connectivity index (χ4n) is 4.53. The molecule has 2 aromatic rings. The molecule has 5 nitrogen and oxygen atoms in total. The van der Waals surface area contributed by atoms with Gasteiger partial charge < -0.3 is 0 Å². The van der Waals surface area contributed by atoms with Crippen molar-refractivity contribution in [3.8, 4) is 0 Å². The highest BCUT2D eigenvalue weighted by Crippen LogP contribution is 2.48. The Balaban J connectivity index is 1.76. The number of anilines is 2. The Morgan fingerprint density at radius 2 is 1.77 bits per heavy atom. The van der Waals surface area contributed by atoms with Gasteiger partial charge in [-0.05, 0) is 55.5 Å². The van der Waals surface area contributed by atoms with Gasteiger partial charge in [0.05, 0.1) is 28.3 Å². The van der Waals surface area contributed by atoms with Gasteiger partial charge in [0.15, 0.2) is 15.6 Å². The number of fused-ring (bicyclic) bond motifs is 1. The Morgan fingerprint density at radius 3 is 2.39 bits per heavy atom. The van der Waals surface area contributed by atoms with Crippen molar-refractivity contribution in [2.45, 2.75) is 39.0 Å². The van der Waals surface area contributed by atoms with E-state index in [9.17, 15) is 22.4 Å². The molecule has 2 aliphatic rings. The predicted molar refractivity (Wildman–Crippen MR) is 113 cm³/mol. The summed E-state index contributed by atoms with van der Waals surface area (Å²) in [5.74, 6) is -2.38. The summed E-state index contributed by atoms with van der Waals surface area (Å²) < 4.78 is 53.4. The number of sulfone groups is 1. The molecule has 0 spiro atoms. The molecule has 2 aromatic carbocycles. The van der Waals surface area contributed by atoms with Crippen LogP contribution >= 0.6 is 0 Å². The molecule has 0 aromatic heterocycles. The van der Waals surface area contributed by atoms with E-state index in [1.807, 2.05) is 0 Å². The van der Waals surface area contributed by atoms with Gasteiger partial charge in [0.25, 0.3) is 0 Å². The molecule has 2 aliphatic heterocycles. The Labute approximate surface area is 180 Å². The number of ketones is 1. The maximum absolute atomic E-state index is 15.3. The SMILES string of the molecule is CC1(C)C(=O)N(c2ccccc2F)c2c(F)cc(C(=O)C[C@@]3(C)CCS(=O)(=O)C3)cc21. The van der Waals surface area contributed by atoms with E-state index in [0.717, 1.165) is 11.0 Å². The predicted octanol–water partition coefficient (Wildman–Crippen LogP) is 4.32. The van der Waals surface area contributed by atoms with Crippen LogP contribution in [0.5, 0.6) is 0 Å². The smallest absolute Gasteiger partial charge is 0.241 e. The topological polar surface area (TPSA) is 71.5 Å². The number of nitrogens with zero attached hydrogens (tertiary/aromatic N) is 1. The number of halogens is 2. The fourth-order valence-corrected chi connectivity index (χ4v) is 6.79. The average molecular weight is 448 g/mol. The van der Waals surface area contributed by atoms with Crippen LogP contribution in [-0.4, -0.2) is 31.6 Å². The normalized spacial score (nSPS) is 23.8. The second kappa shape index (κ2) is 6.95. The van der Waals surface area contributed by atoms with Crippen LogP contribution in [0.3, 0.4) is 0 Å². The zero-order valence-corrected chi connectivity index (χ0v) is 18.4. The summed E-state index contributed by atoms with van der Waals surface area (Å²) in [7, 11) is -3.18. The third kappa shape index (κ3) is 3.56. The lowest BCUT2D eigenvalue weighted by atomic mass is 9.81. The maximum Gasteiger partial charge on any atom is 0.241 e. The van der Waals surface area contributed by atoms with Gasteiger partial charge >= 0.3 is 0 Å². The highest BCUT2D eigenvalue weighted by molar-refractivity contribution is 7.91. The molecular formula is C23H23F2NO4S. The van der Waals surface area contributed by atoms with Crippen molar-refractivity contribution in [2.24, 2.45) is 5.41 Å². The van der Waals surface area contributed by atoms with Crippen LogP contribution in [0.1, 0.15) is 49.5 Å². The maximum atomic E-state index is 15.3. The Kier molecular flexibility index (Phi) is 4.85. The van der Waals surface area contributed by atoms with Crippen molar-refractivity contribution in [1.82, 2.24) is 0 Å². The van der Waals surface area contributed by atoms with E-state index in [2.05, 4.69) is 0 Å². The summed E-state index contributed by atoms with van der Waals surface area (Å²) in [4.78, 5) is 27.1. The molecule has 8 heteroatoms. The first-order chi connectivity index (χ1) is 14.3. The van der Waals surface area contributed by atoms with Crippen LogP contribution in [0.25, 0.3) is 0 Å². The first kappa shape index (κ1) is 21.6. The largest absolute Gasteiger partial charge is 0.294 e. The lowest BCUT2D eigenvalue weighted by Crippen LogP contribution is -2.33. The van der Waals surface area contributed by atoms with Crippen LogP contribution in [0.4, 0.5) is 20.2 Å². The lowest BCUT2D eigenvalue weighted by Gasteiger charge is -2.21. The van der Waals surface area contributed by atoms with Gasteiger partial charge in [0.1, 0.15) is 11.6 Å². The minimum Gasteiger partial charge on any atom is -0.294 e. The number of hydrogen-bond donors (Lipinski definition) is 0. The molecule has 1 amide bonds. The standard InChI is InChI=1S/C23H23F2NO4S/c1-22(2)15-10-14(19(27)12-23(3)8-9-31(29,30)13-23)11-17(25)20(15)26(21(22)28)18-7-5-4-6-16(18)24/h4-7,10-11H,8-9,12-13H2,1-3H3/t23-/m1/s1. The van der Waals surface area contributed by atoms with Crippen LogP contribution in [0.2, 0.25) is 0 Å². The van der Waals surface area contributed by atoms with Crippen molar-refractivity contribution in [2.75, 3.05) is 16.4 Å². The molecule has 1 saturated heterocycles. The quantitative estimate of drug-likeness (QED) is 0.655. The van der Waals surface area contributed by atoms with Crippen LogP contribution in [0.15, 0.2) is 36.4 Å². The van der Waals surface area contributed by atoms with Crippen LogP contribution in [-0.2, 0) is 20.0 Å². The molecule has 0 radical (unpaired) electrons. The Bertz CT molecular complexity index is 1220. The third-order valence-electron chi connectivity index (χ3n) is 6.29. The molecule has 0 N–H and O–H groups in total. The molecule has 0 unspecified atom stereocenters. The number of carbonyl (C=O) groups excluding carboxylic acids is 2. The van der Waals surface area contributed by atoms with E-state index in [1.54, 1.807) is 26.8 Å². The third-order valence-corrected chi connectivity index (χ3v) is 8.25. The Morgan fingerprint density at radius 1 is 1.10 bits per heavy atom. The summed E-state index contributed by atoms with van der Waals surface area (Å²) in [5.41, 5.74) is -1.61. The van der Waals surface area contributed by atoms with Gasteiger partial charge in [-0.15, -0.1) is 0 Å². The molecule has 1 fully saturated rings. The summed E-state index contributed by atoms with van der Waals surface area (Å²) in [6.45, 7) is 4.95. The summed E-state index contributed by atoms with van der Waals surface area (Å²) in [6.07, 6.45) is 0.343. The monoisotopic (exact) mass is 447 g/mol. The number of hydrogen-bond acceptors (Lipinski definition) is 4. The molecule has 31 heavy (non-hydrogen) atoms. The number of carbonyl (C=O) groups is 2. The van der Waals surface area contributed by atoms with E-state index in [-0.39, 0.29) is 40.6 Å². The van der Waals surface area contributed by atoms with Crippen LogP contribution in [0, 0.1) is 17.0 Å². The number of para-hydroxylation sites is 1. The minimum absolute atomic E-state index is 0.0319. The minimum atomic E-state index is -3.18. The molecule has 2 heterocycles. The molecule has 1 atom stereocenters. The van der Waals surface area contributed by atoms with Crippen molar-refractivity contribution in [3.63, 3.8) is 0 Å². The van der Waals surface area contributed by atoms with Gasteiger partial charge in [0, 0.05) is 12.0 Å². The van der Waals surface area contributed by atoms with Gasteiger partial charge in [-0.1, -0.05) is 19.1 Å². The van der Waals surface area contributed by atoms with Gasteiger partial charge in [0.2, 0.25) is 5.91 Å². The number of amides is 1. The van der Waals surface area contributed by atoms with E-state index in [1.165, 1.54) is 24.3 Å². The highest BCUT2D eigenvalue weighted by Gasteiger charge is 2.47. The molecular weight excluding hydrogens is 424 g/mol. The van der Waals surface area contributed by atoms with Gasteiger partial charge in [-0.3, -0.25) is 14.5 Å². The number of rotatable bonds is 4. The lowest BCUT2D eigenvalue weighted by molar-refractivity contribution is -0.121. The number of Topliss-reactive ketones (excluding diaryl/α,β-unsaturated/α-hetero) is 1. The summed E-state index contributed by atoms with van der Waals surface area (Å²) in [5, 5.41) is 0. The van der Waals surface area contributed by atoms with Crippen molar-refractivity contribution < 1.29 is 26.8 Å². The van der Waals surface area contributed by atoms with E-state index in [0.29, 0.717) is 12.0 Å². The van der Waals surface area contributed by atoms with Crippen LogP contribution < -0.4 is 4.90 Å². The molecule has 0 bridgehead atoms. The van der Waals surface area contributed by atoms with E-state index >= 15 is 4.39 Å². The Hall–Kier alpha value is -2.61. The molecule has 4 rings (SSSR count). The zero-order chi connectivity index (χ0) is 22.8. The van der Waals surface area contributed by atoms with Crippen molar-refractivity contribution in [1.29, 1.82) is 0 Å². The second-order valence-corrected chi connectivity index (χ2v) is 11.5. The molecule has 164 valence electrons. The van der Waals surface area contributed by atoms with Gasteiger partial charge in [-0.2, -0.15) is 0 Å². The van der Waals surface area contributed by atoms with E-state index < -0.39 is 38.2 Å². The van der Waals surface area contributed by atoms with Gasteiger partial charge in [-0.25, -0.2) is 17.2 Å².